The first-order chi connectivity index (χ1) is 9.51. The van der Waals surface area contributed by atoms with Crippen LogP contribution >= 0.6 is 11.3 Å². The van der Waals surface area contributed by atoms with Crippen LogP contribution in [0, 0.1) is 15.9 Å². The van der Waals surface area contributed by atoms with Crippen LogP contribution in [0.15, 0.2) is 30.3 Å². The van der Waals surface area contributed by atoms with Gasteiger partial charge in [0, 0.05) is 15.8 Å². The molecule has 0 aliphatic carbocycles. The van der Waals surface area contributed by atoms with Gasteiger partial charge in [0.15, 0.2) is 5.82 Å². The maximum Gasteiger partial charge on any atom is 0.272 e. The third kappa shape index (κ3) is 3.14. The molecule has 0 amide bonds. The highest BCUT2D eigenvalue weighted by Crippen LogP contribution is 2.28. The van der Waals surface area contributed by atoms with Gasteiger partial charge in [-0.05, 0) is 31.5 Å². The number of benzene rings is 1. The van der Waals surface area contributed by atoms with E-state index in [1.165, 1.54) is 17.0 Å². The fourth-order valence-corrected chi connectivity index (χ4v) is 2.81. The third-order valence-corrected chi connectivity index (χ3v) is 4.41. The highest BCUT2D eigenvalue weighted by Gasteiger charge is 2.14. The molecular weight excluding hydrogens is 279 g/mol. The van der Waals surface area contributed by atoms with Crippen molar-refractivity contribution in [1.29, 1.82) is 0 Å². The van der Waals surface area contributed by atoms with Crippen LogP contribution in [-0.2, 0) is 6.42 Å². The van der Waals surface area contributed by atoms with Crippen molar-refractivity contribution in [1.82, 2.24) is 0 Å². The van der Waals surface area contributed by atoms with E-state index in [9.17, 15) is 14.5 Å². The molecule has 0 saturated heterocycles. The van der Waals surface area contributed by atoms with E-state index in [0.717, 1.165) is 17.4 Å². The Morgan fingerprint density at radius 2 is 2.15 bits per heavy atom. The number of nitrogens with one attached hydrogen (secondary N) is 1. The van der Waals surface area contributed by atoms with Gasteiger partial charge in [-0.25, -0.2) is 4.39 Å². The van der Waals surface area contributed by atoms with E-state index in [4.69, 9.17) is 0 Å². The lowest BCUT2D eigenvalue weighted by molar-refractivity contribution is -0.385. The molecule has 0 aliphatic heterocycles. The summed E-state index contributed by atoms with van der Waals surface area (Å²) in [5, 5.41) is 13.6. The van der Waals surface area contributed by atoms with E-state index in [2.05, 4.69) is 18.3 Å². The average Bonchev–Trinajstić information content (AvgIpc) is 2.89. The second-order valence-electron chi connectivity index (χ2n) is 4.44. The molecule has 2 rings (SSSR count). The van der Waals surface area contributed by atoms with Crippen LogP contribution in [0.2, 0.25) is 0 Å². The molecule has 1 atom stereocenters. The minimum Gasteiger partial charge on any atom is -0.375 e. The Labute approximate surface area is 120 Å². The number of nitro benzene ring substituents is 1. The Morgan fingerprint density at radius 3 is 2.70 bits per heavy atom. The van der Waals surface area contributed by atoms with E-state index >= 15 is 0 Å². The number of nitrogens with zero attached hydrogens (tertiary/aromatic N) is 1. The molecule has 0 spiro atoms. The molecule has 2 aromatic rings. The van der Waals surface area contributed by atoms with Gasteiger partial charge in [-0.2, -0.15) is 0 Å². The predicted octanol–water partition coefficient (Wildman–Crippen LogP) is 4.53. The molecule has 0 radical (unpaired) electrons. The highest BCUT2D eigenvalue weighted by molar-refractivity contribution is 7.12. The highest BCUT2D eigenvalue weighted by atomic mass is 32.1. The second kappa shape index (κ2) is 6.00. The van der Waals surface area contributed by atoms with E-state index in [1.54, 1.807) is 11.3 Å². The number of hydrogen-bond acceptors (Lipinski definition) is 4. The van der Waals surface area contributed by atoms with E-state index in [-0.39, 0.29) is 17.4 Å². The van der Waals surface area contributed by atoms with Crippen molar-refractivity contribution in [3.63, 3.8) is 0 Å². The fourth-order valence-electron chi connectivity index (χ4n) is 1.86. The minimum atomic E-state index is -0.613. The number of nitro groups is 1. The number of thiophene rings is 1. The van der Waals surface area contributed by atoms with Crippen molar-refractivity contribution in [3.05, 3.63) is 56.0 Å². The quantitative estimate of drug-likeness (QED) is 0.651. The van der Waals surface area contributed by atoms with Gasteiger partial charge in [0.05, 0.1) is 22.7 Å². The first kappa shape index (κ1) is 14.5. The van der Waals surface area contributed by atoms with Crippen LogP contribution in [-0.4, -0.2) is 4.92 Å². The monoisotopic (exact) mass is 294 g/mol. The Balaban J connectivity index is 2.15. The van der Waals surface area contributed by atoms with Crippen molar-refractivity contribution in [2.45, 2.75) is 26.3 Å². The van der Waals surface area contributed by atoms with Crippen LogP contribution in [0.1, 0.15) is 29.6 Å². The summed E-state index contributed by atoms with van der Waals surface area (Å²) >= 11 is 1.68. The van der Waals surface area contributed by atoms with Gasteiger partial charge >= 0.3 is 0 Å². The van der Waals surface area contributed by atoms with Gasteiger partial charge in [0.2, 0.25) is 0 Å². The van der Waals surface area contributed by atoms with Crippen molar-refractivity contribution >= 4 is 22.7 Å². The molecule has 0 bridgehead atoms. The second-order valence-corrected chi connectivity index (χ2v) is 5.64. The Kier molecular flexibility index (Phi) is 4.34. The Morgan fingerprint density at radius 1 is 1.40 bits per heavy atom. The zero-order valence-corrected chi connectivity index (χ0v) is 12.0. The standard InChI is InChI=1S/C14H15FN2O2S/c1-3-11-5-7-14(20-11)9(2)16-13-6-4-10(17(18)19)8-12(13)15/h4-9,16H,3H2,1-2H3. The van der Waals surface area contributed by atoms with E-state index < -0.39 is 10.7 Å². The molecule has 106 valence electrons. The van der Waals surface area contributed by atoms with Crippen molar-refractivity contribution in [2.24, 2.45) is 0 Å². The lowest BCUT2D eigenvalue weighted by atomic mass is 10.2. The smallest absolute Gasteiger partial charge is 0.272 e. The Bertz CT molecular complexity index is 627. The van der Waals surface area contributed by atoms with Crippen LogP contribution in [0.4, 0.5) is 15.8 Å². The summed E-state index contributed by atoms with van der Waals surface area (Å²) in [6.45, 7) is 4.02. The normalized spacial score (nSPS) is 12.2. The van der Waals surface area contributed by atoms with Gasteiger partial charge in [-0.3, -0.25) is 10.1 Å². The lowest BCUT2D eigenvalue weighted by Gasteiger charge is -2.14. The van der Waals surface area contributed by atoms with Crippen LogP contribution < -0.4 is 5.32 Å². The largest absolute Gasteiger partial charge is 0.375 e. The molecule has 1 heterocycles. The number of hydrogen-bond donors (Lipinski definition) is 1. The third-order valence-electron chi connectivity index (χ3n) is 2.99. The summed E-state index contributed by atoms with van der Waals surface area (Å²) in [5.74, 6) is -0.613. The molecule has 6 heteroatoms. The Hall–Kier alpha value is -1.95. The number of non-ortho nitro benzene ring substituents is 1. The molecule has 1 unspecified atom stereocenters. The molecule has 4 nitrogen and oxygen atoms in total. The summed E-state index contributed by atoms with van der Waals surface area (Å²) in [6.07, 6.45) is 0.975. The molecular formula is C14H15FN2O2S. The summed E-state index contributed by atoms with van der Waals surface area (Å²) in [5.41, 5.74) is 0.0274. The van der Waals surface area contributed by atoms with Gasteiger partial charge in [-0.15, -0.1) is 11.3 Å². The van der Waals surface area contributed by atoms with Crippen LogP contribution in [0.3, 0.4) is 0 Å². The van der Waals surface area contributed by atoms with Gasteiger partial charge in [0.1, 0.15) is 0 Å². The van der Waals surface area contributed by atoms with Crippen molar-refractivity contribution in [2.75, 3.05) is 5.32 Å². The maximum atomic E-state index is 13.8. The molecule has 1 N–H and O–H groups in total. The molecule has 0 fully saturated rings. The van der Waals surface area contributed by atoms with Gasteiger partial charge in [0.25, 0.3) is 5.69 Å². The molecule has 0 saturated carbocycles. The molecule has 1 aromatic carbocycles. The zero-order valence-electron chi connectivity index (χ0n) is 11.2. The summed E-state index contributed by atoms with van der Waals surface area (Å²) < 4.78 is 13.8. The van der Waals surface area contributed by atoms with E-state index in [1.807, 2.05) is 13.0 Å². The first-order valence-corrected chi connectivity index (χ1v) is 7.12. The number of rotatable bonds is 5. The SMILES string of the molecule is CCc1ccc(C(C)Nc2ccc([N+](=O)[O-])cc2F)s1. The summed E-state index contributed by atoms with van der Waals surface area (Å²) in [7, 11) is 0. The zero-order chi connectivity index (χ0) is 14.7. The van der Waals surface area contributed by atoms with E-state index in [0.29, 0.717) is 0 Å². The average molecular weight is 294 g/mol. The molecule has 20 heavy (non-hydrogen) atoms. The number of halogens is 1. The van der Waals surface area contributed by atoms with Crippen LogP contribution in [0.5, 0.6) is 0 Å². The summed E-state index contributed by atoms with van der Waals surface area (Å²) in [6, 6.07) is 7.66. The van der Waals surface area contributed by atoms with Crippen molar-refractivity contribution in [3.8, 4) is 0 Å². The van der Waals surface area contributed by atoms with Gasteiger partial charge in [-0.1, -0.05) is 6.92 Å². The maximum absolute atomic E-state index is 13.8. The van der Waals surface area contributed by atoms with Crippen LogP contribution in [0.25, 0.3) is 0 Å². The molecule has 0 aliphatic rings. The molecule has 1 aromatic heterocycles. The summed E-state index contributed by atoms with van der Waals surface area (Å²) in [4.78, 5) is 12.3. The number of anilines is 1. The number of aryl methyl sites for hydroxylation is 1. The topological polar surface area (TPSA) is 55.2 Å². The lowest BCUT2D eigenvalue weighted by Crippen LogP contribution is -2.06. The first-order valence-electron chi connectivity index (χ1n) is 6.30. The predicted molar refractivity (Wildman–Crippen MR) is 78.8 cm³/mol. The minimum absolute atomic E-state index is 0.0451. The van der Waals surface area contributed by atoms with Gasteiger partial charge < -0.3 is 5.32 Å². The van der Waals surface area contributed by atoms with Crippen molar-refractivity contribution < 1.29 is 9.31 Å². The fraction of sp³-hybridized carbons (Fsp3) is 0.286.